The van der Waals surface area contributed by atoms with E-state index in [1.165, 1.54) is 17.5 Å². The molecular weight excluding hydrogens is 232 g/mol. The van der Waals surface area contributed by atoms with E-state index in [-0.39, 0.29) is 11.0 Å². The second kappa shape index (κ2) is 5.13. The summed E-state index contributed by atoms with van der Waals surface area (Å²) < 4.78 is 12.2. The highest BCUT2D eigenvalue weighted by molar-refractivity contribution is 7.86. The molecule has 2 nitrogen and oxygen atoms in total. The Balaban J connectivity index is 2.23. The van der Waals surface area contributed by atoms with Crippen LogP contribution in [0.25, 0.3) is 0 Å². The van der Waals surface area contributed by atoms with Gasteiger partial charge in [-0.3, -0.25) is 9.00 Å². The molecule has 0 radical (unpaired) electrons. The summed E-state index contributed by atoms with van der Waals surface area (Å²) in [6.07, 6.45) is 3.86. The summed E-state index contributed by atoms with van der Waals surface area (Å²) in [5.74, 6) is 0.0730. The van der Waals surface area contributed by atoms with Gasteiger partial charge in [0.1, 0.15) is 5.78 Å². The molecule has 3 heteroatoms. The molecule has 1 aromatic carbocycles. The maximum atomic E-state index is 12.2. The predicted octanol–water partition coefficient (Wildman–Crippen LogP) is 2.65. The first kappa shape index (κ1) is 12.5. The molecular formula is C14H18O2S. The highest BCUT2D eigenvalue weighted by Gasteiger charge is 2.21. The van der Waals surface area contributed by atoms with Gasteiger partial charge in [-0.2, -0.15) is 0 Å². The molecule has 0 amide bonds. The van der Waals surface area contributed by atoms with Crippen LogP contribution in [0, 0.1) is 0 Å². The minimum Gasteiger partial charge on any atom is -0.298 e. The standard InChI is InChI=1S/C14H18O2S/c1-3-14(15)10(2)17(16)13-8-7-11-5-4-6-12(11)9-13/h7-10H,3-6H2,1-2H3. The van der Waals surface area contributed by atoms with Crippen molar-refractivity contribution in [3.05, 3.63) is 29.3 Å². The van der Waals surface area contributed by atoms with E-state index >= 15 is 0 Å². The average molecular weight is 250 g/mol. The first-order valence-electron chi connectivity index (χ1n) is 6.18. The third kappa shape index (κ3) is 2.49. The van der Waals surface area contributed by atoms with E-state index in [9.17, 15) is 9.00 Å². The molecule has 2 unspecified atom stereocenters. The lowest BCUT2D eigenvalue weighted by Crippen LogP contribution is -2.21. The third-order valence-electron chi connectivity index (χ3n) is 3.43. The van der Waals surface area contributed by atoms with Crippen molar-refractivity contribution in [2.45, 2.75) is 49.7 Å². The smallest absolute Gasteiger partial charge is 0.148 e. The van der Waals surface area contributed by atoms with Gasteiger partial charge in [-0.1, -0.05) is 13.0 Å². The Labute approximate surface area is 105 Å². The molecule has 1 aliphatic carbocycles. The maximum absolute atomic E-state index is 12.2. The van der Waals surface area contributed by atoms with Gasteiger partial charge in [-0.05, 0) is 49.4 Å². The molecule has 0 aliphatic heterocycles. The first-order valence-corrected chi connectivity index (χ1v) is 7.40. The number of hydrogen-bond donors (Lipinski definition) is 0. The van der Waals surface area contributed by atoms with E-state index in [2.05, 4.69) is 6.07 Å². The Morgan fingerprint density at radius 2 is 2.06 bits per heavy atom. The number of carbonyl (C=O) groups excluding carboxylic acids is 1. The van der Waals surface area contributed by atoms with Crippen molar-refractivity contribution in [1.29, 1.82) is 0 Å². The molecule has 17 heavy (non-hydrogen) atoms. The molecule has 2 atom stereocenters. The predicted molar refractivity (Wildman–Crippen MR) is 69.6 cm³/mol. The van der Waals surface area contributed by atoms with Gasteiger partial charge >= 0.3 is 0 Å². The number of benzene rings is 1. The number of rotatable bonds is 4. The fourth-order valence-electron chi connectivity index (χ4n) is 2.28. The van der Waals surface area contributed by atoms with E-state index in [1.54, 1.807) is 6.92 Å². The molecule has 0 fully saturated rings. The number of aryl methyl sites for hydroxylation is 2. The van der Waals surface area contributed by atoms with Crippen molar-refractivity contribution in [2.75, 3.05) is 0 Å². The zero-order valence-corrected chi connectivity index (χ0v) is 11.2. The van der Waals surface area contributed by atoms with Crippen LogP contribution in [0.5, 0.6) is 0 Å². The van der Waals surface area contributed by atoms with Gasteiger partial charge in [0.05, 0.1) is 16.0 Å². The topological polar surface area (TPSA) is 34.1 Å². The van der Waals surface area contributed by atoms with E-state index in [0.717, 1.165) is 17.7 Å². The molecule has 2 rings (SSSR count). The molecule has 0 spiro atoms. The zero-order chi connectivity index (χ0) is 12.4. The van der Waals surface area contributed by atoms with Gasteiger partial charge in [0, 0.05) is 11.3 Å². The first-order chi connectivity index (χ1) is 8.13. The van der Waals surface area contributed by atoms with E-state index in [4.69, 9.17) is 0 Å². The summed E-state index contributed by atoms with van der Waals surface area (Å²) in [4.78, 5) is 12.4. The van der Waals surface area contributed by atoms with Gasteiger partial charge in [0.15, 0.2) is 0 Å². The van der Waals surface area contributed by atoms with Gasteiger partial charge in [-0.15, -0.1) is 0 Å². The molecule has 0 N–H and O–H groups in total. The normalized spacial score (nSPS) is 17.5. The number of fused-ring (bicyclic) bond motifs is 1. The molecule has 0 bridgehead atoms. The van der Waals surface area contributed by atoms with Gasteiger partial charge in [-0.25, -0.2) is 0 Å². The van der Waals surface area contributed by atoms with Crippen LogP contribution in [0.1, 0.15) is 37.8 Å². The van der Waals surface area contributed by atoms with E-state index < -0.39 is 10.8 Å². The summed E-state index contributed by atoms with van der Waals surface area (Å²) in [7, 11) is -1.20. The average Bonchev–Trinajstić information content (AvgIpc) is 2.83. The Hall–Kier alpha value is -0.960. The van der Waals surface area contributed by atoms with Crippen molar-refractivity contribution >= 4 is 16.6 Å². The Morgan fingerprint density at radius 3 is 2.76 bits per heavy atom. The number of ketones is 1. The van der Waals surface area contributed by atoms with Gasteiger partial charge in [0.25, 0.3) is 0 Å². The maximum Gasteiger partial charge on any atom is 0.148 e. The Kier molecular flexibility index (Phi) is 3.77. The van der Waals surface area contributed by atoms with Crippen molar-refractivity contribution in [1.82, 2.24) is 0 Å². The van der Waals surface area contributed by atoms with Crippen molar-refractivity contribution in [3.8, 4) is 0 Å². The van der Waals surface area contributed by atoms with Gasteiger partial charge in [0.2, 0.25) is 0 Å². The molecule has 0 heterocycles. The third-order valence-corrected chi connectivity index (χ3v) is 5.05. The van der Waals surface area contributed by atoms with Crippen LogP contribution in [0.15, 0.2) is 23.1 Å². The minimum absolute atomic E-state index is 0.0730. The van der Waals surface area contributed by atoms with Crippen molar-refractivity contribution in [2.24, 2.45) is 0 Å². The highest BCUT2D eigenvalue weighted by Crippen LogP contribution is 2.25. The van der Waals surface area contributed by atoms with Crippen LogP contribution in [0.4, 0.5) is 0 Å². The summed E-state index contributed by atoms with van der Waals surface area (Å²) in [5, 5.41) is -0.389. The SMILES string of the molecule is CCC(=O)C(C)S(=O)c1ccc2c(c1)CCC2. The van der Waals surface area contributed by atoms with Crippen LogP contribution in [0.3, 0.4) is 0 Å². The molecule has 92 valence electrons. The number of carbonyl (C=O) groups is 1. The van der Waals surface area contributed by atoms with Crippen molar-refractivity contribution < 1.29 is 9.00 Å². The highest BCUT2D eigenvalue weighted by atomic mass is 32.2. The number of hydrogen-bond acceptors (Lipinski definition) is 2. The van der Waals surface area contributed by atoms with Crippen LogP contribution < -0.4 is 0 Å². The second-order valence-corrected chi connectivity index (χ2v) is 6.32. The molecule has 1 aromatic rings. The quantitative estimate of drug-likeness (QED) is 0.823. The Bertz CT molecular complexity index is 465. The van der Waals surface area contributed by atoms with Crippen LogP contribution in [-0.4, -0.2) is 15.2 Å². The summed E-state index contributed by atoms with van der Waals surface area (Å²) in [6, 6.07) is 6.01. The van der Waals surface area contributed by atoms with Crippen LogP contribution in [-0.2, 0) is 28.4 Å². The Morgan fingerprint density at radius 1 is 1.35 bits per heavy atom. The molecule has 0 saturated carbocycles. The van der Waals surface area contributed by atoms with Crippen molar-refractivity contribution in [3.63, 3.8) is 0 Å². The summed E-state index contributed by atoms with van der Waals surface area (Å²) in [5.41, 5.74) is 2.69. The second-order valence-electron chi connectivity index (χ2n) is 4.54. The lowest BCUT2D eigenvalue weighted by Gasteiger charge is -2.10. The minimum atomic E-state index is -1.20. The van der Waals surface area contributed by atoms with Crippen LogP contribution in [0.2, 0.25) is 0 Å². The lowest BCUT2D eigenvalue weighted by molar-refractivity contribution is -0.118. The zero-order valence-electron chi connectivity index (χ0n) is 10.4. The molecule has 0 aromatic heterocycles. The van der Waals surface area contributed by atoms with E-state index in [1.807, 2.05) is 19.1 Å². The number of Topliss-reactive ketones (excluding diaryl/α,β-unsaturated/α-hetero) is 1. The summed E-state index contributed by atoms with van der Waals surface area (Å²) in [6.45, 7) is 3.58. The molecule has 1 aliphatic rings. The van der Waals surface area contributed by atoms with Gasteiger partial charge < -0.3 is 0 Å². The fourth-order valence-corrected chi connectivity index (χ4v) is 3.56. The fraction of sp³-hybridized carbons (Fsp3) is 0.500. The van der Waals surface area contributed by atoms with E-state index in [0.29, 0.717) is 6.42 Å². The molecule has 0 saturated heterocycles. The summed E-state index contributed by atoms with van der Waals surface area (Å²) >= 11 is 0. The monoisotopic (exact) mass is 250 g/mol. The largest absolute Gasteiger partial charge is 0.298 e. The lowest BCUT2D eigenvalue weighted by atomic mass is 10.1. The van der Waals surface area contributed by atoms with Crippen LogP contribution >= 0.6 is 0 Å².